The molecule has 0 bridgehead atoms. The van der Waals surface area contributed by atoms with Crippen molar-refractivity contribution in [1.29, 1.82) is 0 Å². The van der Waals surface area contributed by atoms with Gasteiger partial charge in [-0.05, 0) is 19.3 Å². The van der Waals surface area contributed by atoms with Crippen LogP contribution in [0.5, 0.6) is 0 Å². The SMILES string of the molecule is CCCCCC/C=C1/CCC(=O)N1C. The van der Waals surface area contributed by atoms with E-state index in [1.807, 2.05) is 7.05 Å². The number of carbonyl (C=O) groups is 1. The zero-order valence-corrected chi connectivity index (χ0v) is 9.38. The molecule has 1 aliphatic heterocycles. The molecule has 0 N–H and O–H groups in total. The van der Waals surface area contributed by atoms with Gasteiger partial charge < -0.3 is 4.90 Å². The van der Waals surface area contributed by atoms with Gasteiger partial charge in [-0.3, -0.25) is 4.79 Å². The molecular formula is C12H21NO. The summed E-state index contributed by atoms with van der Waals surface area (Å²) in [5, 5.41) is 0. The van der Waals surface area contributed by atoms with Crippen molar-refractivity contribution in [2.45, 2.75) is 51.9 Å². The summed E-state index contributed by atoms with van der Waals surface area (Å²) in [4.78, 5) is 13.0. The molecule has 1 rings (SSSR count). The van der Waals surface area contributed by atoms with E-state index in [1.165, 1.54) is 31.4 Å². The highest BCUT2D eigenvalue weighted by Crippen LogP contribution is 2.21. The van der Waals surface area contributed by atoms with Gasteiger partial charge in [0, 0.05) is 19.2 Å². The molecule has 1 saturated heterocycles. The lowest BCUT2D eigenvalue weighted by molar-refractivity contribution is -0.125. The molecule has 2 heteroatoms. The van der Waals surface area contributed by atoms with Crippen molar-refractivity contribution < 1.29 is 4.79 Å². The van der Waals surface area contributed by atoms with E-state index in [9.17, 15) is 4.79 Å². The molecule has 1 fully saturated rings. The minimum absolute atomic E-state index is 0.268. The molecule has 0 aliphatic carbocycles. The van der Waals surface area contributed by atoms with Crippen LogP contribution in [0.2, 0.25) is 0 Å². The lowest BCUT2D eigenvalue weighted by Gasteiger charge is -2.10. The van der Waals surface area contributed by atoms with Crippen LogP contribution in [-0.2, 0) is 4.79 Å². The first-order valence-corrected chi connectivity index (χ1v) is 5.71. The number of amides is 1. The zero-order chi connectivity index (χ0) is 10.4. The summed E-state index contributed by atoms with van der Waals surface area (Å²) in [6.07, 6.45) is 10.2. The second-order valence-electron chi connectivity index (χ2n) is 4.00. The Bertz CT molecular complexity index is 220. The maximum atomic E-state index is 11.2. The Morgan fingerprint density at radius 2 is 2.07 bits per heavy atom. The molecule has 1 aliphatic rings. The standard InChI is InChI=1S/C12H21NO/c1-3-4-5-6-7-8-11-9-10-12(14)13(11)2/h8H,3-7,9-10H2,1-2H3/b11-8-. The highest BCUT2D eigenvalue weighted by atomic mass is 16.2. The van der Waals surface area contributed by atoms with Crippen LogP contribution in [-0.4, -0.2) is 17.9 Å². The molecule has 2 nitrogen and oxygen atoms in total. The van der Waals surface area contributed by atoms with Gasteiger partial charge in [-0.2, -0.15) is 0 Å². The molecular weight excluding hydrogens is 174 g/mol. The maximum Gasteiger partial charge on any atom is 0.226 e. The topological polar surface area (TPSA) is 20.3 Å². The van der Waals surface area contributed by atoms with Crippen molar-refractivity contribution >= 4 is 5.91 Å². The number of carbonyl (C=O) groups excluding carboxylic acids is 1. The molecule has 1 heterocycles. The van der Waals surface area contributed by atoms with E-state index < -0.39 is 0 Å². The number of hydrogen-bond acceptors (Lipinski definition) is 1. The Labute approximate surface area is 87.0 Å². The van der Waals surface area contributed by atoms with Gasteiger partial charge in [0.2, 0.25) is 5.91 Å². The van der Waals surface area contributed by atoms with Crippen LogP contribution in [0.3, 0.4) is 0 Å². The Kier molecular flexibility index (Phi) is 4.71. The predicted octanol–water partition coefficient (Wildman–Crippen LogP) is 3.09. The quantitative estimate of drug-likeness (QED) is 0.617. The number of hydrogen-bond donors (Lipinski definition) is 0. The van der Waals surface area contributed by atoms with Gasteiger partial charge in [-0.15, -0.1) is 0 Å². The first kappa shape index (κ1) is 11.3. The van der Waals surface area contributed by atoms with Crippen LogP contribution in [0.4, 0.5) is 0 Å². The molecule has 0 aromatic carbocycles. The minimum atomic E-state index is 0.268. The molecule has 0 saturated carbocycles. The molecule has 0 atom stereocenters. The van der Waals surface area contributed by atoms with Crippen LogP contribution >= 0.6 is 0 Å². The fourth-order valence-corrected chi connectivity index (χ4v) is 1.81. The van der Waals surface area contributed by atoms with Gasteiger partial charge in [0.05, 0.1) is 0 Å². The van der Waals surface area contributed by atoms with Gasteiger partial charge in [0.15, 0.2) is 0 Å². The van der Waals surface area contributed by atoms with Gasteiger partial charge in [0.1, 0.15) is 0 Å². The summed E-state index contributed by atoms with van der Waals surface area (Å²) in [6, 6.07) is 0. The predicted molar refractivity (Wildman–Crippen MR) is 58.8 cm³/mol. The third-order valence-corrected chi connectivity index (χ3v) is 2.84. The Hall–Kier alpha value is -0.790. The number of allylic oxidation sites excluding steroid dienone is 2. The number of nitrogens with zero attached hydrogens (tertiary/aromatic N) is 1. The van der Waals surface area contributed by atoms with E-state index in [0.717, 1.165) is 12.8 Å². The van der Waals surface area contributed by atoms with Gasteiger partial charge in [-0.1, -0.05) is 32.3 Å². The Morgan fingerprint density at radius 1 is 1.29 bits per heavy atom. The Morgan fingerprint density at radius 3 is 2.64 bits per heavy atom. The highest BCUT2D eigenvalue weighted by molar-refractivity contribution is 5.80. The fraction of sp³-hybridized carbons (Fsp3) is 0.750. The van der Waals surface area contributed by atoms with Crippen LogP contribution in [0, 0.1) is 0 Å². The van der Waals surface area contributed by atoms with Crippen molar-refractivity contribution in [3.8, 4) is 0 Å². The molecule has 0 radical (unpaired) electrons. The van der Waals surface area contributed by atoms with Crippen molar-refractivity contribution in [2.75, 3.05) is 7.05 Å². The van der Waals surface area contributed by atoms with Crippen LogP contribution in [0.1, 0.15) is 51.9 Å². The normalized spacial score (nSPS) is 19.7. The lowest BCUT2D eigenvalue weighted by atomic mass is 10.1. The maximum absolute atomic E-state index is 11.2. The van der Waals surface area contributed by atoms with Crippen molar-refractivity contribution in [3.05, 3.63) is 11.8 Å². The van der Waals surface area contributed by atoms with E-state index in [-0.39, 0.29) is 5.91 Å². The minimum Gasteiger partial charge on any atom is -0.320 e. The van der Waals surface area contributed by atoms with Gasteiger partial charge >= 0.3 is 0 Å². The van der Waals surface area contributed by atoms with Crippen molar-refractivity contribution in [1.82, 2.24) is 4.90 Å². The molecule has 0 aromatic rings. The van der Waals surface area contributed by atoms with Gasteiger partial charge in [-0.25, -0.2) is 0 Å². The summed E-state index contributed by atoms with van der Waals surface area (Å²) < 4.78 is 0. The molecule has 14 heavy (non-hydrogen) atoms. The van der Waals surface area contributed by atoms with E-state index in [0.29, 0.717) is 6.42 Å². The summed E-state index contributed by atoms with van der Waals surface area (Å²) >= 11 is 0. The average molecular weight is 195 g/mol. The van der Waals surface area contributed by atoms with Crippen LogP contribution in [0.15, 0.2) is 11.8 Å². The van der Waals surface area contributed by atoms with Gasteiger partial charge in [0.25, 0.3) is 0 Å². The zero-order valence-electron chi connectivity index (χ0n) is 9.38. The lowest BCUT2D eigenvalue weighted by Crippen LogP contribution is -2.16. The number of unbranched alkanes of at least 4 members (excludes halogenated alkanes) is 4. The summed E-state index contributed by atoms with van der Waals surface area (Å²) in [7, 11) is 1.88. The third kappa shape index (κ3) is 3.17. The smallest absolute Gasteiger partial charge is 0.226 e. The van der Waals surface area contributed by atoms with E-state index in [4.69, 9.17) is 0 Å². The Balaban J connectivity index is 2.21. The molecule has 0 spiro atoms. The second kappa shape index (κ2) is 5.84. The highest BCUT2D eigenvalue weighted by Gasteiger charge is 2.20. The van der Waals surface area contributed by atoms with Crippen LogP contribution < -0.4 is 0 Å². The summed E-state index contributed by atoms with van der Waals surface area (Å²) in [5.74, 6) is 0.268. The monoisotopic (exact) mass is 195 g/mol. The van der Waals surface area contributed by atoms with E-state index in [2.05, 4.69) is 13.0 Å². The molecule has 0 aromatic heterocycles. The van der Waals surface area contributed by atoms with Crippen molar-refractivity contribution in [2.24, 2.45) is 0 Å². The van der Waals surface area contributed by atoms with Crippen LogP contribution in [0.25, 0.3) is 0 Å². The second-order valence-corrected chi connectivity index (χ2v) is 4.00. The summed E-state index contributed by atoms with van der Waals surface area (Å²) in [6.45, 7) is 2.22. The number of likely N-dealkylation sites (tertiary alicyclic amines) is 1. The third-order valence-electron chi connectivity index (χ3n) is 2.84. The fourth-order valence-electron chi connectivity index (χ4n) is 1.81. The molecule has 80 valence electrons. The number of rotatable bonds is 5. The van der Waals surface area contributed by atoms with E-state index in [1.54, 1.807) is 4.90 Å². The molecule has 0 unspecified atom stereocenters. The summed E-state index contributed by atoms with van der Waals surface area (Å²) in [5.41, 5.74) is 1.23. The average Bonchev–Trinajstić information content (AvgIpc) is 2.49. The first-order valence-electron chi connectivity index (χ1n) is 5.71. The van der Waals surface area contributed by atoms with E-state index >= 15 is 0 Å². The van der Waals surface area contributed by atoms with Crippen molar-refractivity contribution in [3.63, 3.8) is 0 Å². The molecule has 1 amide bonds. The largest absolute Gasteiger partial charge is 0.320 e. The first-order chi connectivity index (χ1) is 6.75.